The van der Waals surface area contributed by atoms with Crippen molar-refractivity contribution in [3.8, 4) is 0 Å². The van der Waals surface area contributed by atoms with Crippen LogP contribution in [0.5, 0.6) is 0 Å². The van der Waals surface area contributed by atoms with Crippen LogP contribution >= 0.6 is 0 Å². The quantitative estimate of drug-likeness (QED) is 0.829. The van der Waals surface area contributed by atoms with Crippen molar-refractivity contribution in [2.45, 2.75) is 25.4 Å². The van der Waals surface area contributed by atoms with Gasteiger partial charge in [0.15, 0.2) is 0 Å². The van der Waals surface area contributed by atoms with E-state index in [9.17, 15) is 14.0 Å². The second kappa shape index (κ2) is 6.41. The maximum Gasteiger partial charge on any atom is 0.259 e. The van der Waals surface area contributed by atoms with Gasteiger partial charge in [-0.15, -0.1) is 0 Å². The van der Waals surface area contributed by atoms with Crippen molar-refractivity contribution in [3.05, 3.63) is 77.6 Å². The number of carbonyl (C=O) groups is 2. The van der Waals surface area contributed by atoms with Crippen molar-refractivity contribution in [2.24, 2.45) is 0 Å². The third-order valence-electron chi connectivity index (χ3n) is 4.91. The minimum absolute atomic E-state index is 0.0238. The lowest BCUT2D eigenvalue weighted by molar-refractivity contribution is -0.132. The van der Waals surface area contributed by atoms with E-state index in [0.29, 0.717) is 17.8 Å². The smallest absolute Gasteiger partial charge is 0.259 e. The lowest BCUT2D eigenvalue weighted by atomic mass is 10.1. The van der Waals surface area contributed by atoms with Gasteiger partial charge in [0.1, 0.15) is 12.4 Å². The third-order valence-corrected chi connectivity index (χ3v) is 4.91. The molecule has 2 aliphatic rings. The lowest BCUT2D eigenvalue weighted by Gasteiger charge is -2.26. The van der Waals surface area contributed by atoms with Crippen LogP contribution in [0.2, 0.25) is 0 Å². The zero-order valence-corrected chi connectivity index (χ0v) is 14.3. The molecular weight excluding hydrogens is 331 g/mol. The Hall–Kier alpha value is -2.95. The summed E-state index contributed by atoms with van der Waals surface area (Å²) in [5.74, 6) is -0.592. The van der Waals surface area contributed by atoms with E-state index in [2.05, 4.69) is 6.58 Å². The molecule has 0 N–H and O–H groups in total. The molecule has 1 fully saturated rings. The first-order chi connectivity index (χ1) is 12.5. The largest absolute Gasteiger partial charge is 0.334 e. The Morgan fingerprint density at radius 3 is 2.38 bits per heavy atom. The van der Waals surface area contributed by atoms with E-state index in [4.69, 9.17) is 0 Å². The summed E-state index contributed by atoms with van der Waals surface area (Å²) >= 11 is 0. The van der Waals surface area contributed by atoms with Crippen molar-refractivity contribution >= 4 is 17.5 Å². The molecule has 1 aliphatic carbocycles. The van der Waals surface area contributed by atoms with Gasteiger partial charge in [-0.3, -0.25) is 14.5 Å². The molecule has 26 heavy (non-hydrogen) atoms. The number of rotatable bonds is 5. The molecule has 2 aromatic carbocycles. The predicted molar refractivity (Wildman–Crippen MR) is 96.5 cm³/mol. The molecule has 0 atom stereocenters. The van der Waals surface area contributed by atoms with Gasteiger partial charge in [0.2, 0.25) is 5.91 Å². The van der Waals surface area contributed by atoms with Crippen molar-refractivity contribution in [2.75, 3.05) is 6.54 Å². The molecule has 2 amide bonds. The van der Waals surface area contributed by atoms with Crippen LogP contribution in [-0.4, -0.2) is 34.2 Å². The van der Waals surface area contributed by atoms with Gasteiger partial charge < -0.3 is 4.90 Å². The van der Waals surface area contributed by atoms with Gasteiger partial charge in [0, 0.05) is 29.4 Å². The normalized spacial score (nSPS) is 16.0. The molecule has 0 radical (unpaired) electrons. The Bertz CT molecular complexity index is 852. The highest BCUT2D eigenvalue weighted by Gasteiger charge is 2.37. The second-order valence-corrected chi connectivity index (χ2v) is 6.76. The molecule has 4 nitrogen and oxygen atoms in total. The van der Waals surface area contributed by atoms with E-state index in [1.165, 1.54) is 17.0 Å². The molecule has 0 aromatic heterocycles. The molecule has 0 bridgehead atoms. The van der Waals surface area contributed by atoms with Crippen LogP contribution < -0.4 is 0 Å². The number of nitrogens with zero attached hydrogens (tertiary/aromatic N) is 2. The number of halogens is 1. The lowest BCUT2D eigenvalue weighted by Crippen LogP contribution is -2.41. The van der Waals surface area contributed by atoms with E-state index < -0.39 is 0 Å². The summed E-state index contributed by atoms with van der Waals surface area (Å²) in [6.07, 6.45) is 1.92. The Morgan fingerprint density at radius 1 is 1.12 bits per heavy atom. The number of benzene rings is 2. The van der Waals surface area contributed by atoms with E-state index in [0.717, 1.165) is 24.0 Å². The maximum atomic E-state index is 13.1. The molecule has 0 spiro atoms. The van der Waals surface area contributed by atoms with E-state index in [1.54, 1.807) is 29.2 Å². The molecule has 0 saturated heterocycles. The maximum absolute atomic E-state index is 13.1. The van der Waals surface area contributed by atoms with Gasteiger partial charge in [0.25, 0.3) is 5.91 Å². The first-order valence-corrected chi connectivity index (χ1v) is 8.68. The zero-order chi connectivity index (χ0) is 18.3. The van der Waals surface area contributed by atoms with Crippen LogP contribution in [0.1, 0.15) is 34.3 Å². The van der Waals surface area contributed by atoms with Crippen LogP contribution in [0.4, 0.5) is 4.39 Å². The van der Waals surface area contributed by atoms with Crippen LogP contribution in [0.25, 0.3) is 5.70 Å². The Morgan fingerprint density at radius 2 is 1.77 bits per heavy atom. The second-order valence-electron chi connectivity index (χ2n) is 6.76. The fraction of sp³-hybridized carbons (Fsp3) is 0.238. The molecule has 132 valence electrons. The molecular formula is C21H19FN2O2. The van der Waals surface area contributed by atoms with Crippen LogP contribution in [0.3, 0.4) is 0 Å². The summed E-state index contributed by atoms with van der Waals surface area (Å²) < 4.78 is 13.1. The topological polar surface area (TPSA) is 40.6 Å². The fourth-order valence-corrected chi connectivity index (χ4v) is 3.32. The predicted octanol–water partition coefficient (Wildman–Crippen LogP) is 3.44. The molecule has 1 heterocycles. The highest BCUT2D eigenvalue weighted by atomic mass is 19.1. The Balaban J connectivity index is 1.50. The molecule has 1 aliphatic heterocycles. The van der Waals surface area contributed by atoms with Crippen molar-refractivity contribution in [3.63, 3.8) is 0 Å². The number of carbonyl (C=O) groups excluding carboxylic acids is 2. The standard InChI is InChI=1S/C21H19FN2O2/c1-14-18-4-2-3-5-19(18)21(26)23(14)13-20(25)24(17-10-11-17)12-15-6-8-16(22)9-7-15/h2-9,17H,1,10-13H2. The minimum atomic E-state index is -0.297. The third kappa shape index (κ3) is 3.01. The average Bonchev–Trinajstić information content (AvgIpc) is 3.46. The van der Waals surface area contributed by atoms with Crippen molar-refractivity contribution in [1.82, 2.24) is 9.80 Å². The fourth-order valence-electron chi connectivity index (χ4n) is 3.32. The molecule has 4 rings (SSSR count). The molecule has 0 unspecified atom stereocenters. The summed E-state index contributed by atoms with van der Waals surface area (Å²) in [6.45, 7) is 4.38. The summed E-state index contributed by atoms with van der Waals surface area (Å²) in [6, 6.07) is 13.6. The zero-order valence-electron chi connectivity index (χ0n) is 14.3. The monoisotopic (exact) mass is 350 g/mol. The highest BCUT2D eigenvalue weighted by molar-refractivity contribution is 6.10. The van der Waals surface area contributed by atoms with Crippen molar-refractivity contribution < 1.29 is 14.0 Å². The van der Waals surface area contributed by atoms with Crippen LogP contribution in [-0.2, 0) is 11.3 Å². The number of hydrogen-bond donors (Lipinski definition) is 0. The Labute approximate surface area is 151 Å². The van der Waals surface area contributed by atoms with Gasteiger partial charge in [0.05, 0.1) is 0 Å². The Kier molecular flexibility index (Phi) is 4.07. The molecule has 1 saturated carbocycles. The first-order valence-electron chi connectivity index (χ1n) is 8.68. The summed E-state index contributed by atoms with van der Waals surface area (Å²) in [5, 5.41) is 0. The number of hydrogen-bond acceptors (Lipinski definition) is 2. The SMILES string of the molecule is C=C1c2ccccc2C(=O)N1CC(=O)N(Cc1ccc(F)cc1)C1CC1. The minimum Gasteiger partial charge on any atom is -0.334 e. The first kappa shape index (κ1) is 16.5. The van der Waals surface area contributed by atoms with E-state index >= 15 is 0 Å². The van der Waals surface area contributed by atoms with E-state index in [-0.39, 0.29) is 30.2 Å². The van der Waals surface area contributed by atoms with Crippen LogP contribution in [0.15, 0.2) is 55.1 Å². The van der Waals surface area contributed by atoms with Gasteiger partial charge in [-0.1, -0.05) is 36.9 Å². The highest BCUT2D eigenvalue weighted by Crippen LogP contribution is 2.33. The van der Waals surface area contributed by atoms with Gasteiger partial charge in [-0.2, -0.15) is 0 Å². The summed E-state index contributed by atoms with van der Waals surface area (Å²) in [4.78, 5) is 28.8. The van der Waals surface area contributed by atoms with E-state index in [1.807, 2.05) is 12.1 Å². The number of fused-ring (bicyclic) bond motifs is 1. The van der Waals surface area contributed by atoms with Gasteiger partial charge in [-0.25, -0.2) is 4.39 Å². The molecule has 2 aromatic rings. The average molecular weight is 350 g/mol. The van der Waals surface area contributed by atoms with Crippen LogP contribution in [0, 0.1) is 5.82 Å². The number of amides is 2. The summed E-state index contributed by atoms with van der Waals surface area (Å²) in [5.41, 5.74) is 2.81. The van der Waals surface area contributed by atoms with Crippen molar-refractivity contribution in [1.29, 1.82) is 0 Å². The molecule has 5 heteroatoms. The van der Waals surface area contributed by atoms with Gasteiger partial charge in [-0.05, 0) is 36.6 Å². The van der Waals surface area contributed by atoms with Gasteiger partial charge >= 0.3 is 0 Å². The summed E-state index contributed by atoms with van der Waals surface area (Å²) in [7, 11) is 0.